The van der Waals surface area contributed by atoms with Gasteiger partial charge in [0.1, 0.15) is 6.04 Å². The van der Waals surface area contributed by atoms with Crippen molar-refractivity contribution in [2.75, 3.05) is 13.2 Å². The van der Waals surface area contributed by atoms with Gasteiger partial charge in [0.25, 0.3) is 0 Å². The monoisotopic (exact) mass is 169 g/mol. The van der Waals surface area contributed by atoms with Crippen molar-refractivity contribution in [3.05, 3.63) is 0 Å². The Labute approximate surface area is 73.5 Å². The van der Waals surface area contributed by atoms with E-state index in [0.717, 1.165) is 0 Å². The molecule has 1 atom stereocenters. The van der Waals surface area contributed by atoms with Gasteiger partial charge in [-0.1, -0.05) is 0 Å². The molecule has 0 aromatic carbocycles. The van der Waals surface area contributed by atoms with E-state index in [2.05, 4.69) is 11.2 Å². The third kappa shape index (κ3) is 4.75. The van der Waals surface area contributed by atoms with Gasteiger partial charge in [-0.2, -0.15) is 0 Å². The lowest BCUT2D eigenvalue weighted by atomic mass is 10.3. The van der Waals surface area contributed by atoms with Gasteiger partial charge in [0.15, 0.2) is 0 Å². The van der Waals surface area contributed by atoms with Crippen LogP contribution in [0.2, 0.25) is 0 Å². The minimum atomic E-state index is -0.265. The number of carbonyl (C=O) groups excluding carboxylic acids is 1. The van der Waals surface area contributed by atoms with Gasteiger partial charge in [-0.3, -0.25) is 4.79 Å². The van der Waals surface area contributed by atoms with Crippen molar-refractivity contribution < 1.29 is 9.53 Å². The van der Waals surface area contributed by atoms with Crippen LogP contribution >= 0.6 is 0 Å². The first-order valence-corrected chi connectivity index (χ1v) is 4.05. The molecule has 68 valence electrons. The summed E-state index contributed by atoms with van der Waals surface area (Å²) in [6.07, 6.45) is 5.67. The van der Waals surface area contributed by atoms with Gasteiger partial charge >= 0.3 is 5.97 Å². The summed E-state index contributed by atoms with van der Waals surface area (Å²) >= 11 is 0. The first-order chi connectivity index (χ1) is 5.72. The molecule has 0 spiro atoms. The van der Waals surface area contributed by atoms with Gasteiger partial charge in [0.2, 0.25) is 0 Å². The minimum absolute atomic E-state index is 0.227. The molecule has 0 bridgehead atoms. The number of ether oxygens (including phenoxy) is 1. The van der Waals surface area contributed by atoms with E-state index < -0.39 is 0 Å². The lowest BCUT2D eigenvalue weighted by Crippen LogP contribution is -2.35. The lowest BCUT2D eigenvalue weighted by Gasteiger charge is -2.10. The number of hydrogen-bond acceptors (Lipinski definition) is 3. The zero-order chi connectivity index (χ0) is 9.40. The van der Waals surface area contributed by atoms with Gasteiger partial charge in [-0.15, -0.1) is 12.3 Å². The van der Waals surface area contributed by atoms with Crippen molar-refractivity contribution in [3.8, 4) is 12.3 Å². The number of terminal acetylenes is 1. The van der Waals surface area contributed by atoms with Crippen LogP contribution in [-0.2, 0) is 9.53 Å². The summed E-state index contributed by atoms with van der Waals surface area (Å²) in [6.45, 7) is 4.61. The van der Waals surface area contributed by atoms with Crippen molar-refractivity contribution in [3.63, 3.8) is 0 Å². The largest absolute Gasteiger partial charge is 0.465 e. The van der Waals surface area contributed by atoms with E-state index in [9.17, 15) is 4.79 Å². The maximum atomic E-state index is 11.0. The SMILES string of the molecule is C#CCCNC(C)C(=O)OCC. The van der Waals surface area contributed by atoms with Crippen LogP contribution in [0.3, 0.4) is 0 Å². The predicted molar refractivity (Wildman–Crippen MR) is 47.5 cm³/mol. The number of carbonyl (C=O) groups is 1. The Bertz CT molecular complexity index is 172. The Morgan fingerprint density at radius 2 is 2.42 bits per heavy atom. The van der Waals surface area contributed by atoms with Gasteiger partial charge in [0, 0.05) is 13.0 Å². The molecule has 0 fully saturated rings. The number of nitrogens with one attached hydrogen (secondary N) is 1. The summed E-state index contributed by atoms with van der Waals surface area (Å²) in [7, 11) is 0. The van der Waals surface area contributed by atoms with E-state index in [4.69, 9.17) is 11.2 Å². The van der Waals surface area contributed by atoms with E-state index in [1.807, 2.05) is 0 Å². The molecule has 0 aliphatic heterocycles. The normalized spacial score (nSPS) is 11.8. The second-order valence-corrected chi connectivity index (χ2v) is 2.38. The molecule has 1 unspecified atom stereocenters. The van der Waals surface area contributed by atoms with Crippen LogP contribution in [0.4, 0.5) is 0 Å². The highest BCUT2D eigenvalue weighted by Gasteiger charge is 2.11. The maximum absolute atomic E-state index is 11.0. The van der Waals surface area contributed by atoms with Crippen LogP contribution in [0.25, 0.3) is 0 Å². The fraction of sp³-hybridized carbons (Fsp3) is 0.667. The summed E-state index contributed by atoms with van der Waals surface area (Å²) in [4.78, 5) is 11.0. The van der Waals surface area contributed by atoms with Crippen LogP contribution in [0.15, 0.2) is 0 Å². The molecule has 0 saturated heterocycles. The number of rotatable bonds is 5. The van der Waals surface area contributed by atoms with Crippen molar-refractivity contribution in [2.45, 2.75) is 26.3 Å². The molecule has 0 aliphatic carbocycles. The van der Waals surface area contributed by atoms with Gasteiger partial charge in [-0.25, -0.2) is 0 Å². The Morgan fingerprint density at radius 1 is 1.75 bits per heavy atom. The first-order valence-electron chi connectivity index (χ1n) is 4.05. The van der Waals surface area contributed by atoms with Crippen molar-refractivity contribution in [2.24, 2.45) is 0 Å². The smallest absolute Gasteiger partial charge is 0.322 e. The topological polar surface area (TPSA) is 38.3 Å². The van der Waals surface area contributed by atoms with E-state index in [1.54, 1.807) is 13.8 Å². The highest BCUT2D eigenvalue weighted by atomic mass is 16.5. The van der Waals surface area contributed by atoms with Crippen molar-refractivity contribution in [1.82, 2.24) is 5.32 Å². The maximum Gasteiger partial charge on any atom is 0.322 e. The fourth-order valence-corrected chi connectivity index (χ4v) is 0.711. The highest BCUT2D eigenvalue weighted by molar-refractivity contribution is 5.75. The lowest BCUT2D eigenvalue weighted by molar-refractivity contribution is -0.145. The van der Waals surface area contributed by atoms with Crippen molar-refractivity contribution in [1.29, 1.82) is 0 Å². The molecule has 0 amide bonds. The average Bonchev–Trinajstić information content (AvgIpc) is 2.05. The number of esters is 1. The molecule has 12 heavy (non-hydrogen) atoms. The first kappa shape index (κ1) is 11.0. The molecular weight excluding hydrogens is 154 g/mol. The van der Waals surface area contributed by atoms with E-state index in [-0.39, 0.29) is 12.0 Å². The van der Waals surface area contributed by atoms with Crippen molar-refractivity contribution >= 4 is 5.97 Å². The second-order valence-electron chi connectivity index (χ2n) is 2.38. The van der Waals surface area contributed by atoms with Crippen LogP contribution in [0.5, 0.6) is 0 Å². The van der Waals surface area contributed by atoms with Gasteiger partial charge in [0.05, 0.1) is 6.61 Å². The Kier molecular flexibility index (Phi) is 6.12. The molecule has 0 rings (SSSR count). The van der Waals surface area contributed by atoms with Crippen LogP contribution in [0, 0.1) is 12.3 Å². The number of hydrogen-bond donors (Lipinski definition) is 1. The highest BCUT2D eigenvalue weighted by Crippen LogP contribution is 1.87. The Hall–Kier alpha value is -1.01. The summed E-state index contributed by atoms with van der Waals surface area (Å²) in [6, 6.07) is -0.265. The molecule has 3 heteroatoms. The zero-order valence-corrected chi connectivity index (χ0v) is 7.59. The molecule has 0 heterocycles. The van der Waals surface area contributed by atoms with E-state index >= 15 is 0 Å². The quantitative estimate of drug-likeness (QED) is 0.371. The molecule has 3 nitrogen and oxygen atoms in total. The standard InChI is InChI=1S/C9H15NO2/c1-4-6-7-10-8(3)9(11)12-5-2/h1,8,10H,5-7H2,2-3H3. The summed E-state index contributed by atoms with van der Waals surface area (Å²) in [5.41, 5.74) is 0. The Morgan fingerprint density at radius 3 is 2.92 bits per heavy atom. The second kappa shape index (κ2) is 6.68. The molecule has 0 aromatic rings. The molecule has 1 N–H and O–H groups in total. The molecule has 0 aromatic heterocycles. The fourth-order valence-electron chi connectivity index (χ4n) is 0.711. The third-order valence-corrected chi connectivity index (χ3v) is 1.36. The average molecular weight is 169 g/mol. The summed E-state index contributed by atoms with van der Waals surface area (Å²) < 4.78 is 4.78. The molecule has 0 saturated carbocycles. The Balaban J connectivity index is 3.51. The molecular formula is C9H15NO2. The molecule has 0 aliphatic rings. The summed E-state index contributed by atoms with van der Waals surface area (Å²) in [5.74, 6) is 2.25. The molecule has 0 radical (unpaired) electrons. The predicted octanol–water partition coefficient (Wildman–Crippen LogP) is 0.551. The zero-order valence-electron chi connectivity index (χ0n) is 7.59. The minimum Gasteiger partial charge on any atom is -0.465 e. The van der Waals surface area contributed by atoms with Crippen LogP contribution in [-0.4, -0.2) is 25.2 Å². The van der Waals surface area contributed by atoms with Crippen LogP contribution < -0.4 is 5.32 Å². The third-order valence-electron chi connectivity index (χ3n) is 1.36. The van der Waals surface area contributed by atoms with Gasteiger partial charge in [-0.05, 0) is 13.8 Å². The van der Waals surface area contributed by atoms with E-state index in [0.29, 0.717) is 19.6 Å². The van der Waals surface area contributed by atoms with E-state index in [1.165, 1.54) is 0 Å². The summed E-state index contributed by atoms with van der Waals surface area (Å²) in [5, 5.41) is 2.95. The van der Waals surface area contributed by atoms with Crippen LogP contribution in [0.1, 0.15) is 20.3 Å². The van der Waals surface area contributed by atoms with Gasteiger partial charge < -0.3 is 10.1 Å².